The van der Waals surface area contributed by atoms with Crippen molar-refractivity contribution in [1.29, 1.82) is 0 Å². The Labute approximate surface area is 157 Å². The number of anilines is 2. The Kier molecular flexibility index (Phi) is 4.73. The van der Waals surface area contributed by atoms with Gasteiger partial charge in [0.1, 0.15) is 11.3 Å². The molecule has 0 amide bonds. The minimum atomic E-state index is -0.471. The van der Waals surface area contributed by atoms with Crippen LogP contribution in [0.25, 0.3) is 11.0 Å². The van der Waals surface area contributed by atoms with E-state index in [4.69, 9.17) is 9.15 Å². The van der Waals surface area contributed by atoms with Gasteiger partial charge in [-0.25, -0.2) is 4.79 Å². The fourth-order valence-electron chi connectivity index (χ4n) is 3.67. The van der Waals surface area contributed by atoms with Crippen LogP contribution in [0.4, 0.5) is 11.4 Å². The topological polar surface area (TPSA) is 66.2 Å². The lowest BCUT2D eigenvalue weighted by Crippen LogP contribution is -2.47. The first kappa shape index (κ1) is 17.4. The molecule has 140 valence electrons. The van der Waals surface area contributed by atoms with Crippen LogP contribution in [0.5, 0.6) is 5.75 Å². The Hall–Kier alpha value is -2.99. The number of benzene rings is 2. The van der Waals surface area contributed by atoms with Gasteiger partial charge in [0.05, 0.1) is 25.0 Å². The molecule has 1 aromatic heterocycles. The first-order valence-electron chi connectivity index (χ1n) is 9.01. The van der Waals surface area contributed by atoms with Crippen molar-refractivity contribution in [3.8, 4) is 5.75 Å². The summed E-state index contributed by atoms with van der Waals surface area (Å²) in [5.74, 6) is 0.837. The van der Waals surface area contributed by atoms with Crippen molar-refractivity contribution in [3.63, 3.8) is 0 Å². The molecule has 0 spiro atoms. The van der Waals surface area contributed by atoms with E-state index in [0.717, 1.165) is 48.7 Å². The molecule has 0 atom stereocenters. The highest BCUT2D eigenvalue weighted by atomic mass is 16.5. The van der Waals surface area contributed by atoms with Gasteiger partial charge in [0.2, 0.25) is 0 Å². The quantitative estimate of drug-likeness (QED) is 0.716. The fraction of sp³-hybridized carbons (Fsp3) is 0.286. The lowest BCUT2D eigenvalue weighted by atomic mass is 10.1. The number of aliphatic hydroxyl groups excluding tert-OH is 1. The zero-order valence-electron chi connectivity index (χ0n) is 15.2. The number of rotatable bonds is 4. The SMILES string of the molecule is COc1cccc(N2CCN(c3c(CO)c(=O)oc4ccccc34)CC2)c1. The summed E-state index contributed by atoms with van der Waals surface area (Å²) in [4.78, 5) is 16.8. The molecule has 3 aromatic rings. The highest BCUT2D eigenvalue weighted by molar-refractivity contribution is 5.92. The van der Waals surface area contributed by atoms with E-state index in [0.29, 0.717) is 11.1 Å². The molecule has 27 heavy (non-hydrogen) atoms. The van der Waals surface area contributed by atoms with E-state index in [2.05, 4.69) is 15.9 Å². The van der Waals surface area contributed by atoms with Crippen LogP contribution in [0, 0.1) is 0 Å². The van der Waals surface area contributed by atoms with Gasteiger partial charge in [0.25, 0.3) is 0 Å². The standard InChI is InChI=1S/C21H22N2O4/c1-26-16-6-4-5-15(13-16)22-9-11-23(12-10-22)20-17-7-2-3-8-19(17)27-21(25)18(20)14-24/h2-8,13,24H,9-12,14H2,1H3. The first-order valence-corrected chi connectivity index (χ1v) is 9.01. The number of hydrogen-bond donors (Lipinski definition) is 1. The Bertz CT molecular complexity index is 1010. The second-order valence-corrected chi connectivity index (χ2v) is 6.55. The molecule has 0 saturated carbocycles. The van der Waals surface area contributed by atoms with Gasteiger partial charge in [-0.3, -0.25) is 0 Å². The average molecular weight is 366 g/mol. The van der Waals surface area contributed by atoms with Gasteiger partial charge < -0.3 is 24.1 Å². The van der Waals surface area contributed by atoms with E-state index in [1.165, 1.54) is 0 Å². The number of aliphatic hydroxyl groups is 1. The van der Waals surface area contributed by atoms with Crippen LogP contribution in [-0.4, -0.2) is 38.4 Å². The van der Waals surface area contributed by atoms with Gasteiger partial charge in [-0.2, -0.15) is 0 Å². The van der Waals surface area contributed by atoms with Crippen molar-refractivity contribution in [2.24, 2.45) is 0 Å². The van der Waals surface area contributed by atoms with Crippen molar-refractivity contribution < 1.29 is 14.3 Å². The normalized spacial score (nSPS) is 14.6. The first-order chi connectivity index (χ1) is 13.2. The summed E-state index contributed by atoms with van der Waals surface area (Å²) >= 11 is 0. The molecule has 6 nitrogen and oxygen atoms in total. The van der Waals surface area contributed by atoms with Gasteiger partial charge in [-0.05, 0) is 24.3 Å². The second-order valence-electron chi connectivity index (χ2n) is 6.55. The molecule has 4 rings (SSSR count). The molecule has 2 aromatic carbocycles. The van der Waals surface area contributed by atoms with E-state index in [9.17, 15) is 9.90 Å². The lowest BCUT2D eigenvalue weighted by molar-refractivity contribution is 0.276. The predicted octanol–water partition coefficient (Wildman–Crippen LogP) is 2.62. The molecule has 0 radical (unpaired) electrons. The number of hydrogen-bond acceptors (Lipinski definition) is 6. The number of fused-ring (bicyclic) bond motifs is 1. The zero-order chi connectivity index (χ0) is 18.8. The van der Waals surface area contributed by atoms with E-state index in [1.807, 2.05) is 36.4 Å². The van der Waals surface area contributed by atoms with Crippen LogP contribution in [0.3, 0.4) is 0 Å². The van der Waals surface area contributed by atoms with Crippen LogP contribution in [0.2, 0.25) is 0 Å². The Morgan fingerprint density at radius 1 is 1.04 bits per heavy atom. The fourth-order valence-corrected chi connectivity index (χ4v) is 3.67. The Balaban J connectivity index is 1.64. The zero-order valence-corrected chi connectivity index (χ0v) is 15.2. The number of piperazine rings is 1. The maximum absolute atomic E-state index is 12.3. The number of methoxy groups -OCH3 is 1. The molecule has 1 aliphatic heterocycles. The van der Waals surface area contributed by atoms with Gasteiger partial charge in [0.15, 0.2) is 0 Å². The van der Waals surface area contributed by atoms with Crippen LogP contribution in [0.15, 0.2) is 57.7 Å². The summed E-state index contributed by atoms with van der Waals surface area (Å²) in [5, 5.41) is 10.6. The van der Waals surface area contributed by atoms with E-state index < -0.39 is 5.63 Å². The second kappa shape index (κ2) is 7.32. The van der Waals surface area contributed by atoms with Crippen LogP contribution in [0.1, 0.15) is 5.56 Å². The highest BCUT2D eigenvalue weighted by Crippen LogP contribution is 2.31. The largest absolute Gasteiger partial charge is 0.497 e. The van der Waals surface area contributed by atoms with Gasteiger partial charge in [-0.15, -0.1) is 0 Å². The lowest BCUT2D eigenvalue weighted by Gasteiger charge is -2.38. The Morgan fingerprint density at radius 3 is 2.52 bits per heavy atom. The van der Waals surface area contributed by atoms with Gasteiger partial charge in [-0.1, -0.05) is 18.2 Å². The summed E-state index contributed by atoms with van der Waals surface area (Å²) in [5.41, 5.74) is 2.30. The van der Waals surface area contributed by atoms with Gasteiger partial charge >= 0.3 is 5.63 Å². The number of nitrogens with zero attached hydrogens (tertiary/aromatic N) is 2. The molecule has 1 saturated heterocycles. The molecule has 1 aliphatic rings. The number of ether oxygens (including phenoxy) is 1. The Morgan fingerprint density at radius 2 is 1.78 bits per heavy atom. The molecular formula is C21H22N2O4. The summed E-state index contributed by atoms with van der Waals surface area (Å²) in [6.45, 7) is 2.78. The van der Waals surface area contributed by atoms with Crippen molar-refractivity contribution in [1.82, 2.24) is 0 Å². The molecule has 0 bridgehead atoms. The highest BCUT2D eigenvalue weighted by Gasteiger charge is 2.24. The van der Waals surface area contributed by atoms with E-state index in [1.54, 1.807) is 13.2 Å². The smallest absolute Gasteiger partial charge is 0.343 e. The van der Waals surface area contributed by atoms with E-state index >= 15 is 0 Å². The van der Waals surface area contributed by atoms with Crippen molar-refractivity contribution in [3.05, 3.63) is 64.5 Å². The van der Waals surface area contributed by atoms with Gasteiger partial charge in [0, 0.05) is 43.3 Å². The summed E-state index contributed by atoms with van der Waals surface area (Å²) in [7, 11) is 1.67. The molecule has 1 fully saturated rings. The van der Waals surface area contributed by atoms with Crippen molar-refractivity contribution in [2.75, 3.05) is 43.1 Å². The molecule has 1 N–H and O–H groups in total. The number of para-hydroxylation sites is 1. The third-order valence-corrected chi connectivity index (χ3v) is 5.05. The maximum Gasteiger partial charge on any atom is 0.343 e. The van der Waals surface area contributed by atoms with Crippen LogP contribution < -0.4 is 20.2 Å². The predicted molar refractivity (Wildman–Crippen MR) is 106 cm³/mol. The molecule has 0 unspecified atom stereocenters. The molecule has 0 aliphatic carbocycles. The third kappa shape index (κ3) is 3.24. The molecular weight excluding hydrogens is 344 g/mol. The van der Waals surface area contributed by atoms with Crippen molar-refractivity contribution >= 4 is 22.3 Å². The summed E-state index contributed by atoms with van der Waals surface area (Å²) < 4.78 is 10.7. The summed E-state index contributed by atoms with van der Waals surface area (Å²) in [6.07, 6.45) is 0. The van der Waals surface area contributed by atoms with Crippen molar-refractivity contribution in [2.45, 2.75) is 6.61 Å². The van der Waals surface area contributed by atoms with Crippen LogP contribution in [-0.2, 0) is 6.61 Å². The monoisotopic (exact) mass is 366 g/mol. The minimum Gasteiger partial charge on any atom is -0.497 e. The summed E-state index contributed by atoms with van der Waals surface area (Å²) in [6, 6.07) is 15.5. The minimum absolute atomic E-state index is 0.323. The average Bonchev–Trinajstić information content (AvgIpc) is 2.73. The molecule has 2 heterocycles. The van der Waals surface area contributed by atoms with Crippen LogP contribution >= 0.6 is 0 Å². The molecule has 6 heteroatoms. The van der Waals surface area contributed by atoms with E-state index in [-0.39, 0.29) is 6.61 Å². The maximum atomic E-state index is 12.3. The third-order valence-electron chi connectivity index (χ3n) is 5.05.